The van der Waals surface area contributed by atoms with E-state index in [1.807, 2.05) is 0 Å². The maximum atomic E-state index is 13.1. The van der Waals surface area contributed by atoms with Gasteiger partial charge in [-0.15, -0.1) is 11.6 Å². The number of alkyl halides is 3. The summed E-state index contributed by atoms with van der Waals surface area (Å²) in [5.74, 6) is -2.56. The van der Waals surface area contributed by atoms with Crippen LogP contribution in [-0.2, 0) is 10.6 Å². The zero-order valence-corrected chi connectivity index (χ0v) is 8.89. The lowest BCUT2D eigenvalue weighted by molar-refractivity contribution is 0.0590. The molecule has 0 saturated carbocycles. The van der Waals surface area contributed by atoms with E-state index in [1.165, 1.54) is 0 Å². The molecule has 0 aliphatic carbocycles. The van der Waals surface area contributed by atoms with Crippen molar-refractivity contribution in [2.75, 3.05) is 7.11 Å². The van der Waals surface area contributed by atoms with Crippen molar-refractivity contribution in [1.29, 1.82) is 0 Å². The maximum absolute atomic E-state index is 13.1. The summed E-state index contributed by atoms with van der Waals surface area (Å²) in [7, 11) is 1.07. The van der Waals surface area contributed by atoms with Crippen LogP contribution >= 0.6 is 11.6 Å². The van der Waals surface area contributed by atoms with Gasteiger partial charge in [-0.1, -0.05) is 0 Å². The minimum absolute atomic E-state index is 0.00483. The molecule has 1 rings (SSSR count). The van der Waals surface area contributed by atoms with Gasteiger partial charge < -0.3 is 4.74 Å². The van der Waals surface area contributed by atoms with E-state index in [1.54, 1.807) is 0 Å². The summed E-state index contributed by atoms with van der Waals surface area (Å²) in [6, 6.07) is 0.812. The monoisotopic (exact) mass is 253 g/mol. The number of aromatic nitrogens is 1. The Bertz CT molecular complexity index is 412. The molecule has 1 heterocycles. The molecular weight excluding hydrogens is 247 g/mol. The number of pyridine rings is 1. The average Bonchev–Trinajstić information content (AvgIpc) is 2.27. The zero-order valence-electron chi connectivity index (χ0n) is 8.14. The van der Waals surface area contributed by atoms with E-state index in [0.29, 0.717) is 0 Å². The first-order valence-corrected chi connectivity index (χ1v) is 4.66. The van der Waals surface area contributed by atoms with Gasteiger partial charge in [0.05, 0.1) is 12.7 Å². The standard InChI is InChI=1S/C9H7ClF3NO2/c1-16-9(15)6-4(3-10)2-5(7(11)12)8(13)14-6/h2,7H,3H2,1H3. The Morgan fingerprint density at radius 3 is 2.69 bits per heavy atom. The second kappa shape index (κ2) is 5.16. The highest BCUT2D eigenvalue weighted by atomic mass is 35.5. The van der Waals surface area contributed by atoms with Gasteiger partial charge in [0, 0.05) is 11.4 Å². The van der Waals surface area contributed by atoms with E-state index in [4.69, 9.17) is 11.6 Å². The summed E-state index contributed by atoms with van der Waals surface area (Å²) < 4.78 is 42.0. The lowest BCUT2D eigenvalue weighted by Gasteiger charge is -2.07. The van der Waals surface area contributed by atoms with Crippen LogP contribution < -0.4 is 0 Å². The Morgan fingerprint density at radius 1 is 1.62 bits per heavy atom. The number of hydrogen-bond acceptors (Lipinski definition) is 3. The predicted octanol–water partition coefficient (Wildman–Crippen LogP) is 2.68. The van der Waals surface area contributed by atoms with Gasteiger partial charge in [-0.05, 0) is 6.07 Å². The van der Waals surface area contributed by atoms with E-state index in [0.717, 1.165) is 13.2 Å². The van der Waals surface area contributed by atoms with Crippen LogP contribution in [0, 0.1) is 5.95 Å². The quantitative estimate of drug-likeness (QED) is 0.472. The second-order valence-corrected chi connectivity index (χ2v) is 3.07. The van der Waals surface area contributed by atoms with Gasteiger partial charge in [0.1, 0.15) is 0 Å². The highest BCUT2D eigenvalue weighted by molar-refractivity contribution is 6.17. The number of rotatable bonds is 3. The molecule has 0 aliphatic heterocycles. The lowest BCUT2D eigenvalue weighted by Crippen LogP contribution is -2.11. The molecule has 16 heavy (non-hydrogen) atoms. The summed E-state index contributed by atoms with van der Waals surface area (Å²) in [6.45, 7) is 0. The van der Waals surface area contributed by atoms with Crippen LogP contribution in [0.2, 0.25) is 0 Å². The van der Waals surface area contributed by atoms with Crippen LogP contribution in [-0.4, -0.2) is 18.1 Å². The molecule has 0 radical (unpaired) electrons. The molecule has 1 aromatic rings. The van der Waals surface area contributed by atoms with Gasteiger partial charge in [-0.25, -0.2) is 18.6 Å². The number of hydrogen-bond donors (Lipinski definition) is 0. The van der Waals surface area contributed by atoms with Gasteiger partial charge in [-0.3, -0.25) is 0 Å². The highest BCUT2D eigenvalue weighted by Gasteiger charge is 2.21. The van der Waals surface area contributed by atoms with Crippen molar-refractivity contribution in [2.45, 2.75) is 12.3 Å². The molecule has 88 valence electrons. The van der Waals surface area contributed by atoms with Crippen molar-refractivity contribution < 1.29 is 22.7 Å². The summed E-state index contributed by atoms with van der Waals surface area (Å²) in [5, 5.41) is 0. The summed E-state index contributed by atoms with van der Waals surface area (Å²) in [6.07, 6.45) is -3.01. The third kappa shape index (κ3) is 2.44. The van der Waals surface area contributed by atoms with Gasteiger partial charge >= 0.3 is 5.97 Å². The summed E-state index contributed by atoms with van der Waals surface area (Å²) in [4.78, 5) is 14.3. The van der Waals surface area contributed by atoms with Crippen LogP contribution in [0.4, 0.5) is 13.2 Å². The Labute approximate surface area is 94.2 Å². The molecule has 0 N–H and O–H groups in total. The second-order valence-electron chi connectivity index (χ2n) is 2.80. The normalized spacial score (nSPS) is 10.6. The molecule has 0 fully saturated rings. The van der Waals surface area contributed by atoms with Gasteiger partial charge in [-0.2, -0.15) is 4.39 Å². The topological polar surface area (TPSA) is 39.2 Å². The van der Waals surface area contributed by atoms with E-state index in [2.05, 4.69) is 9.72 Å². The largest absolute Gasteiger partial charge is 0.464 e. The van der Waals surface area contributed by atoms with E-state index in [9.17, 15) is 18.0 Å². The SMILES string of the molecule is COC(=O)c1nc(F)c(C(F)F)cc1CCl. The third-order valence-electron chi connectivity index (χ3n) is 1.84. The minimum atomic E-state index is -3.01. The van der Waals surface area contributed by atoms with E-state index < -0.39 is 23.9 Å². The van der Waals surface area contributed by atoms with Crippen molar-refractivity contribution >= 4 is 17.6 Å². The Balaban J connectivity index is 3.32. The summed E-state index contributed by atoms with van der Waals surface area (Å²) in [5.41, 5.74) is -1.27. The van der Waals surface area contributed by atoms with Gasteiger partial charge in [0.25, 0.3) is 6.43 Å². The number of ether oxygens (including phenoxy) is 1. The molecule has 0 unspecified atom stereocenters. The van der Waals surface area contributed by atoms with Gasteiger partial charge in [0.2, 0.25) is 5.95 Å². The highest BCUT2D eigenvalue weighted by Crippen LogP contribution is 2.24. The van der Waals surface area contributed by atoms with Crippen LogP contribution in [0.15, 0.2) is 6.07 Å². The Morgan fingerprint density at radius 2 is 2.25 bits per heavy atom. The van der Waals surface area contributed by atoms with Crippen LogP contribution in [0.5, 0.6) is 0 Å². The molecule has 0 atom stereocenters. The fraction of sp³-hybridized carbons (Fsp3) is 0.333. The molecule has 3 nitrogen and oxygen atoms in total. The third-order valence-corrected chi connectivity index (χ3v) is 2.13. The molecule has 0 aromatic carbocycles. The summed E-state index contributed by atoms with van der Waals surface area (Å²) >= 11 is 5.45. The van der Waals surface area contributed by atoms with Gasteiger partial charge in [0.15, 0.2) is 5.69 Å². The predicted molar refractivity (Wildman–Crippen MR) is 50.0 cm³/mol. The molecule has 0 amide bonds. The van der Waals surface area contributed by atoms with E-state index in [-0.39, 0.29) is 17.1 Å². The average molecular weight is 254 g/mol. The van der Waals surface area contributed by atoms with Crippen molar-refractivity contribution in [3.63, 3.8) is 0 Å². The Hall–Kier alpha value is -1.30. The van der Waals surface area contributed by atoms with Crippen molar-refractivity contribution in [3.05, 3.63) is 28.8 Å². The number of halogens is 4. The molecule has 0 saturated heterocycles. The smallest absolute Gasteiger partial charge is 0.357 e. The van der Waals surface area contributed by atoms with Crippen molar-refractivity contribution in [3.8, 4) is 0 Å². The number of methoxy groups -OCH3 is 1. The number of esters is 1. The molecule has 7 heteroatoms. The molecular formula is C9H7ClF3NO2. The zero-order chi connectivity index (χ0) is 12.3. The Kier molecular flexibility index (Phi) is 4.12. The molecule has 0 spiro atoms. The van der Waals surface area contributed by atoms with Crippen LogP contribution in [0.25, 0.3) is 0 Å². The fourth-order valence-electron chi connectivity index (χ4n) is 1.08. The fourth-order valence-corrected chi connectivity index (χ4v) is 1.28. The first kappa shape index (κ1) is 12.8. The first-order chi connectivity index (χ1) is 7.51. The maximum Gasteiger partial charge on any atom is 0.357 e. The number of carbonyl (C=O) groups excluding carboxylic acids is 1. The molecule has 0 bridgehead atoms. The minimum Gasteiger partial charge on any atom is -0.464 e. The number of nitrogens with zero attached hydrogens (tertiary/aromatic N) is 1. The van der Waals surface area contributed by atoms with Crippen LogP contribution in [0.1, 0.15) is 28.0 Å². The number of carbonyl (C=O) groups is 1. The lowest BCUT2D eigenvalue weighted by atomic mass is 10.1. The first-order valence-electron chi connectivity index (χ1n) is 4.13. The molecule has 1 aromatic heterocycles. The van der Waals surface area contributed by atoms with Crippen molar-refractivity contribution in [2.24, 2.45) is 0 Å². The molecule has 0 aliphatic rings. The van der Waals surface area contributed by atoms with Crippen molar-refractivity contribution in [1.82, 2.24) is 4.98 Å². The van der Waals surface area contributed by atoms with Crippen LogP contribution in [0.3, 0.4) is 0 Å². The van der Waals surface area contributed by atoms with E-state index >= 15 is 0 Å².